The molecule has 0 aliphatic carbocycles. The Bertz CT molecular complexity index is 744. The quantitative estimate of drug-likeness (QED) is 0.746. The lowest BCUT2D eigenvalue weighted by atomic mass is 10.1. The smallest absolute Gasteiger partial charge is 0.147 e. The van der Waals surface area contributed by atoms with E-state index in [1.165, 1.54) is 6.07 Å². The van der Waals surface area contributed by atoms with Crippen molar-refractivity contribution in [3.05, 3.63) is 65.1 Å². The van der Waals surface area contributed by atoms with E-state index in [0.29, 0.717) is 17.3 Å². The average molecular weight is 289 g/mol. The molecule has 0 atom stereocenters. The summed E-state index contributed by atoms with van der Waals surface area (Å²) in [6, 6.07) is 12.8. The third kappa shape index (κ3) is 2.25. The predicted molar refractivity (Wildman–Crippen MR) is 81.7 cm³/mol. The normalized spacial score (nSPS) is 10.9. The monoisotopic (exact) mass is 288 g/mol. The highest BCUT2D eigenvalue weighted by Gasteiger charge is 2.09. The van der Waals surface area contributed by atoms with Gasteiger partial charge in [-0.1, -0.05) is 35.9 Å². The van der Waals surface area contributed by atoms with Gasteiger partial charge in [-0.3, -0.25) is 0 Å². The lowest BCUT2D eigenvalue weighted by Crippen LogP contribution is -2.01. The molecule has 4 heteroatoms. The maximum atomic E-state index is 13.7. The van der Waals surface area contributed by atoms with Crippen molar-refractivity contribution in [1.29, 1.82) is 0 Å². The molecule has 2 nitrogen and oxygen atoms in total. The van der Waals surface area contributed by atoms with Gasteiger partial charge in [-0.15, -0.1) is 0 Å². The zero-order valence-electron chi connectivity index (χ0n) is 11.0. The Balaban J connectivity index is 1.91. The van der Waals surface area contributed by atoms with Crippen molar-refractivity contribution in [2.45, 2.75) is 6.54 Å². The summed E-state index contributed by atoms with van der Waals surface area (Å²) >= 11 is 6.01. The molecular weight excluding hydrogens is 275 g/mol. The summed E-state index contributed by atoms with van der Waals surface area (Å²) in [5, 5.41) is 4.64. The Morgan fingerprint density at radius 1 is 1.15 bits per heavy atom. The maximum Gasteiger partial charge on any atom is 0.147 e. The minimum Gasteiger partial charge on any atom is -0.377 e. The van der Waals surface area contributed by atoms with E-state index in [0.717, 1.165) is 16.5 Å². The van der Waals surface area contributed by atoms with Crippen molar-refractivity contribution in [2.24, 2.45) is 7.05 Å². The Labute approximate surface area is 121 Å². The lowest BCUT2D eigenvalue weighted by molar-refractivity contribution is 0.630. The first-order valence-electron chi connectivity index (χ1n) is 6.37. The molecule has 1 N–H and O–H groups in total. The first kappa shape index (κ1) is 13.0. The lowest BCUT2D eigenvalue weighted by Gasteiger charge is -2.08. The van der Waals surface area contributed by atoms with Gasteiger partial charge in [-0.05, 0) is 23.8 Å². The minimum absolute atomic E-state index is 0.335. The van der Waals surface area contributed by atoms with Crippen LogP contribution in [0.25, 0.3) is 10.9 Å². The molecule has 102 valence electrons. The van der Waals surface area contributed by atoms with Crippen LogP contribution in [0.3, 0.4) is 0 Å². The number of aryl methyl sites for hydroxylation is 1. The summed E-state index contributed by atoms with van der Waals surface area (Å²) in [6.45, 7) is 0.530. The van der Waals surface area contributed by atoms with E-state index in [-0.39, 0.29) is 5.82 Å². The molecule has 0 fully saturated rings. The van der Waals surface area contributed by atoms with Crippen LogP contribution in [0.4, 0.5) is 10.1 Å². The van der Waals surface area contributed by atoms with Gasteiger partial charge in [0, 0.05) is 30.7 Å². The van der Waals surface area contributed by atoms with Gasteiger partial charge in [0.2, 0.25) is 0 Å². The van der Waals surface area contributed by atoms with Crippen molar-refractivity contribution in [3.63, 3.8) is 0 Å². The molecule has 3 aromatic rings. The van der Waals surface area contributed by atoms with Crippen LogP contribution in [-0.4, -0.2) is 4.57 Å². The second-order valence-electron chi connectivity index (χ2n) is 4.73. The highest BCUT2D eigenvalue weighted by atomic mass is 35.5. The average Bonchev–Trinajstić information content (AvgIpc) is 2.76. The van der Waals surface area contributed by atoms with E-state index < -0.39 is 0 Å². The number of aromatic nitrogens is 1. The van der Waals surface area contributed by atoms with Crippen molar-refractivity contribution >= 4 is 28.2 Å². The van der Waals surface area contributed by atoms with Crippen LogP contribution in [-0.2, 0) is 13.6 Å². The summed E-state index contributed by atoms with van der Waals surface area (Å²) in [5.74, 6) is -0.335. The number of halogens is 2. The van der Waals surface area contributed by atoms with Crippen LogP contribution in [0.2, 0.25) is 5.02 Å². The second kappa shape index (κ2) is 5.17. The summed E-state index contributed by atoms with van der Waals surface area (Å²) in [5.41, 5.74) is 2.62. The topological polar surface area (TPSA) is 17.0 Å². The van der Waals surface area contributed by atoms with Crippen LogP contribution in [0, 0.1) is 5.82 Å². The molecule has 1 heterocycles. The number of rotatable bonds is 3. The van der Waals surface area contributed by atoms with E-state index in [1.54, 1.807) is 12.1 Å². The van der Waals surface area contributed by atoms with Crippen LogP contribution in [0.5, 0.6) is 0 Å². The van der Waals surface area contributed by atoms with Crippen molar-refractivity contribution < 1.29 is 4.39 Å². The Kier molecular flexibility index (Phi) is 3.36. The molecule has 0 bridgehead atoms. The largest absolute Gasteiger partial charge is 0.377 e. The van der Waals surface area contributed by atoms with Gasteiger partial charge in [-0.2, -0.15) is 0 Å². The van der Waals surface area contributed by atoms with Crippen LogP contribution in [0.1, 0.15) is 5.56 Å². The van der Waals surface area contributed by atoms with Crippen LogP contribution in [0.15, 0.2) is 48.7 Å². The van der Waals surface area contributed by atoms with Gasteiger partial charge in [0.15, 0.2) is 0 Å². The minimum atomic E-state index is -0.335. The first-order chi connectivity index (χ1) is 9.66. The van der Waals surface area contributed by atoms with Gasteiger partial charge in [-0.25, -0.2) is 4.39 Å². The third-order valence-corrected chi connectivity index (χ3v) is 3.71. The van der Waals surface area contributed by atoms with E-state index in [9.17, 15) is 4.39 Å². The number of hydrogen-bond acceptors (Lipinski definition) is 1. The SMILES string of the molecule is Cn1cc(CNc2c(F)cccc2Cl)c2ccccc21. The fourth-order valence-corrected chi connectivity index (χ4v) is 2.65. The summed E-state index contributed by atoms with van der Waals surface area (Å²) in [6.07, 6.45) is 2.05. The molecule has 2 aromatic carbocycles. The van der Waals surface area contributed by atoms with Crippen molar-refractivity contribution in [2.75, 3.05) is 5.32 Å². The molecule has 20 heavy (non-hydrogen) atoms. The van der Waals surface area contributed by atoms with Crippen LogP contribution < -0.4 is 5.32 Å². The number of hydrogen-bond donors (Lipinski definition) is 1. The highest BCUT2D eigenvalue weighted by molar-refractivity contribution is 6.33. The van der Waals surface area contributed by atoms with Crippen LogP contribution >= 0.6 is 11.6 Å². The molecule has 3 rings (SSSR count). The van der Waals surface area contributed by atoms with E-state index in [4.69, 9.17) is 11.6 Å². The Morgan fingerprint density at radius 2 is 1.95 bits per heavy atom. The zero-order valence-corrected chi connectivity index (χ0v) is 11.8. The molecule has 0 aliphatic heterocycles. The molecule has 0 unspecified atom stereocenters. The van der Waals surface area contributed by atoms with Gasteiger partial charge in [0.25, 0.3) is 0 Å². The van der Waals surface area contributed by atoms with Gasteiger partial charge in [0.05, 0.1) is 10.7 Å². The number of benzene rings is 2. The summed E-state index contributed by atoms with van der Waals surface area (Å²) < 4.78 is 15.8. The Hall–Kier alpha value is -2.00. The van der Waals surface area contributed by atoms with Crippen molar-refractivity contribution in [1.82, 2.24) is 4.57 Å². The summed E-state index contributed by atoms with van der Waals surface area (Å²) in [7, 11) is 2.00. The van der Waals surface area contributed by atoms with Gasteiger partial charge in [0.1, 0.15) is 5.82 Å². The predicted octanol–water partition coefficient (Wildman–Crippen LogP) is 4.58. The molecule has 0 saturated carbocycles. The Morgan fingerprint density at radius 3 is 2.75 bits per heavy atom. The molecule has 0 saturated heterocycles. The first-order valence-corrected chi connectivity index (χ1v) is 6.75. The number of fused-ring (bicyclic) bond motifs is 1. The van der Waals surface area contributed by atoms with E-state index >= 15 is 0 Å². The maximum absolute atomic E-state index is 13.7. The fraction of sp³-hybridized carbons (Fsp3) is 0.125. The number of para-hydroxylation sites is 2. The van der Waals surface area contributed by atoms with E-state index in [1.807, 2.05) is 25.4 Å². The molecule has 0 amide bonds. The molecule has 0 aliphatic rings. The van der Waals surface area contributed by atoms with Crippen molar-refractivity contribution in [3.8, 4) is 0 Å². The second-order valence-corrected chi connectivity index (χ2v) is 5.14. The van der Waals surface area contributed by atoms with Gasteiger partial charge < -0.3 is 9.88 Å². The van der Waals surface area contributed by atoms with Gasteiger partial charge >= 0.3 is 0 Å². The molecule has 1 aromatic heterocycles. The zero-order chi connectivity index (χ0) is 14.1. The number of nitrogens with zero attached hydrogens (tertiary/aromatic N) is 1. The molecule has 0 spiro atoms. The molecule has 0 radical (unpaired) electrons. The fourth-order valence-electron chi connectivity index (χ4n) is 2.42. The summed E-state index contributed by atoms with van der Waals surface area (Å²) in [4.78, 5) is 0. The third-order valence-electron chi connectivity index (χ3n) is 3.40. The number of anilines is 1. The highest BCUT2D eigenvalue weighted by Crippen LogP contribution is 2.27. The van der Waals surface area contributed by atoms with E-state index in [2.05, 4.69) is 22.0 Å². The number of nitrogens with one attached hydrogen (secondary N) is 1. The molecular formula is C16H14ClFN2. The standard InChI is InChI=1S/C16H14ClFN2/c1-20-10-11(12-5-2-3-8-15(12)20)9-19-16-13(17)6-4-7-14(16)18/h2-8,10,19H,9H2,1H3.